The monoisotopic (exact) mass is 244 g/mol. The van der Waals surface area contributed by atoms with Crippen LogP contribution in [0.3, 0.4) is 0 Å². The van der Waals surface area contributed by atoms with E-state index in [2.05, 4.69) is 6.07 Å². The predicted molar refractivity (Wildman–Crippen MR) is 50.3 cm³/mol. The summed E-state index contributed by atoms with van der Waals surface area (Å²) >= 11 is -1.52. The molecule has 1 aliphatic heterocycles. The number of rotatable bonds is 2. The third-order valence-corrected chi connectivity index (χ3v) is 6.93. The summed E-state index contributed by atoms with van der Waals surface area (Å²) in [6, 6.07) is 8.09. The van der Waals surface area contributed by atoms with E-state index in [1.54, 1.807) is 10.0 Å². The molecule has 0 N–H and O–H groups in total. The Balaban J connectivity index is 2.11. The van der Waals surface area contributed by atoms with Crippen molar-refractivity contribution in [2.75, 3.05) is 6.61 Å². The molecule has 12 heavy (non-hydrogen) atoms. The Kier molecular flexibility index (Phi) is 2.64. The molecular weight excluding hydrogens is 235 g/mol. The van der Waals surface area contributed by atoms with Gasteiger partial charge in [0.15, 0.2) is 0 Å². The second-order valence-corrected chi connectivity index (χ2v) is 7.45. The summed E-state index contributed by atoms with van der Waals surface area (Å²) in [4.78, 5) is 1.23. The van der Waals surface area contributed by atoms with Crippen LogP contribution in [0.2, 0.25) is 0 Å². The molecule has 0 bridgehead atoms. The summed E-state index contributed by atoms with van der Waals surface area (Å²) < 4.78 is 11.1. The number of hydrogen-bond donors (Lipinski definition) is 0. The topological polar surface area (TPSA) is 18.5 Å². The Bertz CT molecular complexity index is 255. The van der Waals surface area contributed by atoms with Gasteiger partial charge in [-0.25, -0.2) is 0 Å². The molecule has 0 aliphatic carbocycles. The first kappa shape index (κ1) is 8.49. The number of para-hydroxylation sites is 1. The number of benzene rings is 1. The summed E-state index contributed by atoms with van der Waals surface area (Å²) in [5.41, 5.74) is 0. The van der Waals surface area contributed by atoms with Crippen molar-refractivity contribution in [2.45, 2.75) is 11.8 Å². The Morgan fingerprint density at radius 2 is 2.33 bits per heavy atom. The molecule has 0 saturated carbocycles. The molecule has 2 rings (SSSR count). The van der Waals surface area contributed by atoms with Gasteiger partial charge in [0.25, 0.3) is 0 Å². The molecular formula is C8H9AsO2S. The van der Waals surface area contributed by atoms with E-state index in [4.69, 9.17) is 7.45 Å². The fourth-order valence-electron chi connectivity index (χ4n) is 0.938. The Morgan fingerprint density at radius 1 is 1.50 bits per heavy atom. The second-order valence-electron chi connectivity index (χ2n) is 2.27. The molecule has 1 atom stereocenters. The van der Waals surface area contributed by atoms with E-state index in [0.29, 0.717) is 0 Å². The third kappa shape index (κ3) is 1.63. The van der Waals surface area contributed by atoms with Crippen molar-refractivity contribution in [3.63, 3.8) is 0 Å². The predicted octanol–water partition coefficient (Wildman–Crippen LogP) is 2.19. The van der Waals surface area contributed by atoms with E-state index >= 15 is 0 Å². The zero-order chi connectivity index (χ0) is 8.39. The van der Waals surface area contributed by atoms with Crippen molar-refractivity contribution in [3.05, 3.63) is 24.3 Å². The summed E-state index contributed by atoms with van der Waals surface area (Å²) in [6.07, 6.45) is 0. The van der Waals surface area contributed by atoms with Gasteiger partial charge in [-0.2, -0.15) is 0 Å². The van der Waals surface area contributed by atoms with Gasteiger partial charge < -0.3 is 0 Å². The average Bonchev–Trinajstić information content (AvgIpc) is 2.47. The number of hydrogen-bond acceptors (Lipinski definition) is 3. The zero-order valence-corrected chi connectivity index (χ0v) is 9.38. The molecule has 0 fully saturated rings. The van der Waals surface area contributed by atoms with Crippen molar-refractivity contribution in [1.82, 2.24) is 0 Å². The Labute approximate surface area is 80.2 Å². The van der Waals surface area contributed by atoms with Crippen molar-refractivity contribution < 1.29 is 7.45 Å². The molecule has 1 unspecified atom stereocenters. The first-order chi connectivity index (χ1) is 5.90. The van der Waals surface area contributed by atoms with Crippen molar-refractivity contribution in [2.24, 2.45) is 0 Å². The summed E-state index contributed by atoms with van der Waals surface area (Å²) in [5.74, 6) is 0.996. The quantitative estimate of drug-likeness (QED) is 0.743. The molecule has 0 amide bonds. The van der Waals surface area contributed by atoms with Gasteiger partial charge >= 0.3 is 80.1 Å². The van der Waals surface area contributed by atoms with Crippen LogP contribution >= 0.6 is 10.0 Å². The van der Waals surface area contributed by atoms with Crippen molar-refractivity contribution in [1.29, 1.82) is 0 Å². The van der Waals surface area contributed by atoms with Crippen LogP contribution < -0.4 is 3.73 Å². The molecule has 1 heterocycles. The van der Waals surface area contributed by atoms with Crippen LogP contribution in [0, 0.1) is 0 Å². The molecule has 1 aromatic rings. The van der Waals surface area contributed by atoms with E-state index in [1.807, 2.05) is 25.1 Å². The second kappa shape index (κ2) is 3.73. The average molecular weight is 244 g/mol. The minimum absolute atomic E-state index is 0.751. The van der Waals surface area contributed by atoms with Gasteiger partial charge in [-0.15, -0.1) is 0 Å². The molecule has 64 valence electrons. The van der Waals surface area contributed by atoms with Gasteiger partial charge in [-0.3, -0.25) is 0 Å². The fraction of sp³-hybridized carbons (Fsp3) is 0.250. The van der Waals surface area contributed by atoms with Crippen LogP contribution in [0.15, 0.2) is 29.2 Å². The van der Waals surface area contributed by atoms with E-state index in [9.17, 15) is 0 Å². The minimum atomic E-state index is -1.52. The van der Waals surface area contributed by atoms with Crippen molar-refractivity contribution >= 4 is 24.2 Å². The number of fused-ring (bicyclic) bond motifs is 1. The van der Waals surface area contributed by atoms with Gasteiger partial charge in [0.05, 0.1) is 0 Å². The van der Waals surface area contributed by atoms with Crippen molar-refractivity contribution in [3.8, 4) is 5.75 Å². The van der Waals surface area contributed by atoms with Gasteiger partial charge in [0.2, 0.25) is 0 Å². The maximum absolute atomic E-state index is 5.63. The normalized spacial score (nSPS) is 20.2. The molecule has 1 aromatic carbocycles. The van der Waals surface area contributed by atoms with Crippen LogP contribution in [0.4, 0.5) is 0 Å². The van der Waals surface area contributed by atoms with Crippen LogP contribution in [-0.4, -0.2) is 20.8 Å². The van der Waals surface area contributed by atoms with Crippen LogP contribution in [0.25, 0.3) is 0 Å². The fourth-order valence-corrected chi connectivity index (χ4v) is 6.38. The van der Waals surface area contributed by atoms with Gasteiger partial charge in [-0.1, -0.05) is 0 Å². The van der Waals surface area contributed by atoms with Gasteiger partial charge in [0, 0.05) is 0 Å². The molecule has 0 spiro atoms. The summed E-state index contributed by atoms with van der Waals surface area (Å²) in [7, 11) is 1.76. The Morgan fingerprint density at radius 3 is 3.08 bits per heavy atom. The molecule has 0 saturated heterocycles. The summed E-state index contributed by atoms with van der Waals surface area (Å²) in [5, 5.41) is 0. The third-order valence-electron chi connectivity index (χ3n) is 1.43. The first-order valence-electron chi connectivity index (χ1n) is 3.78. The SMILES string of the molecule is CCO[As]1Oc2ccccc2S1. The van der Waals surface area contributed by atoms with E-state index < -0.39 is 14.2 Å². The molecule has 4 heteroatoms. The van der Waals surface area contributed by atoms with E-state index in [-0.39, 0.29) is 0 Å². The maximum atomic E-state index is 5.63. The molecule has 2 nitrogen and oxygen atoms in total. The van der Waals surface area contributed by atoms with Gasteiger partial charge in [-0.05, 0) is 0 Å². The van der Waals surface area contributed by atoms with Crippen LogP contribution in [0.5, 0.6) is 5.75 Å². The first-order valence-corrected chi connectivity index (χ1v) is 8.38. The zero-order valence-electron chi connectivity index (χ0n) is 6.69. The molecule has 0 radical (unpaired) electrons. The summed E-state index contributed by atoms with van der Waals surface area (Å²) in [6.45, 7) is 2.75. The van der Waals surface area contributed by atoms with Crippen LogP contribution in [0.1, 0.15) is 6.92 Å². The van der Waals surface area contributed by atoms with E-state index in [0.717, 1.165) is 12.4 Å². The van der Waals surface area contributed by atoms with Crippen LogP contribution in [-0.2, 0) is 3.73 Å². The van der Waals surface area contributed by atoms with Gasteiger partial charge in [0.1, 0.15) is 0 Å². The van der Waals surface area contributed by atoms with E-state index in [1.165, 1.54) is 4.90 Å². The molecule has 0 aromatic heterocycles. The molecule has 1 aliphatic rings. The standard InChI is InChI=1S/C8H9AsO2S/c1-2-10-9-11-7-5-3-4-6-8(7)12-9/h3-6H,2H2,1H3. The Hall–Kier alpha value is -0.112.